The maximum atomic E-state index is 13.1. The minimum Gasteiger partial charge on any atom is -0.388 e. The standard InChI is InChI=1S/C16H14ClFN2O3/c17-13-7-2-1-6-12(13)16(23)20-19-15(22)9-14(21)10-4-3-5-11(18)8-10/h1-8,14,21H,9H2,(H,19,22)(H,20,23). The van der Waals surface area contributed by atoms with Gasteiger partial charge in [0.1, 0.15) is 5.82 Å². The molecule has 0 spiro atoms. The number of nitrogens with one attached hydrogen (secondary N) is 2. The summed E-state index contributed by atoms with van der Waals surface area (Å²) < 4.78 is 13.1. The lowest BCUT2D eigenvalue weighted by Gasteiger charge is -2.12. The van der Waals surface area contributed by atoms with Gasteiger partial charge in [-0.25, -0.2) is 4.39 Å². The first kappa shape index (κ1) is 16.9. The number of hydrazine groups is 1. The highest BCUT2D eigenvalue weighted by atomic mass is 35.5. The van der Waals surface area contributed by atoms with Crippen molar-refractivity contribution in [1.29, 1.82) is 0 Å². The molecule has 0 aliphatic carbocycles. The molecule has 1 atom stereocenters. The molecule has 0 saturated carbocycles. The summed E-state index contributed by atoms with van der Waals surface area (Å²) in [6.45, 7) is 0. The van der Waals surface area contributed by atoms with Crippen molar-refractivity contribution in [2.75, 3.05) is 0 Å². The number of carbonyl (C=O) groups excluding carboxylic acids is 2. The Morgan fingerprint density at radius 2 is 1.87 bits per heavy atom. The van der Waals surface area contributed by atoms with Gasteiger partial charge < -0.3 is 5.11 Å². The molecule has 2 rings (SSSR count). The summed E-state index contributed by atoms with van der Waals surface area (Å²) in [5.74, 6) is -1.71. The molecular weight excluding hydrogens is 323 g/mol. The molecule has 5 nitrogen and oxygen atoms in total. The fraction of sp³-hybridized carbons (Fsp3) is 0.125. The van der Waals surface area contributed by atoms with Gasteiger partial charge in [-0.3, -0.25) is 20.4 Å². The second-order valence-corrected chi connectivity index (χ2v) is 5.16. The largest absolute Gasteiger partial charge is 0.388 e. The van der Waals surface area contributed by atoms with Crippen molar-refractivity contribution in [2.45, 2.75) is 12.5 Å². The average Bonchev–Trinajstić information content (AvgIpc) is 2.53. The minimum absolute atomic E-state index is 0.208. The molecular formula is C16H14ClFN2O3. The third-order valence-corrected chi connectivity index (χ3v) is 3.38. The normalized spacial score (nSPS) is 11.6. The Hall–Kier alpha value is -2.44. The molecule has 0 bridgehead atoms. The van der Waals surface area contributed by atoms with E-state index in [0.717, 1.165) is 6.07 Å². The van der Waals surface area contributed by atoms with Crippen molar-refractivity contribution in [2.24, 2.45) is 0 Å². The summed E-state index contributed by atoms with van der Waals surface area (Å²) in [7, 11) is 0. The van der Waals surface area contributed by atoms with Crippen molar-refractivity contribution in [3.63, 3.8) is 0 Å². The zero-order valence-electron chi connectivity index (χ0n) is 11.9. The lowest BCUT2D eigenvalue weighted by molar-refractivity contribution is -0.123. The van der Waals surface area contributed by atoms with Gasteiger partial charge in [-0.15, -0.1) is 0 Å². The van der Waals surface area contributed by atoms with Crippen molar-refractivity contribution < 1.29 is 19.1 Å². The fourth-order valence-electron chi connectivity index (χ4n) is 1.90. The van der Waals surface area contributed by atoms with Crippen LogP contribution in [0.1, 0.15) is 28.4 Å². The Bertz CT molecular complexity index is 724. The summed E-state index contributed by atoms with van der Waals surface area (Å²) in [6.07, 6.45) is -1.50. The van der Waals surface area contributed by atoms with Crippen molar-refractivity contribution >= 4 is 23.4 Å². The van der Waals surface area contributed by atoms with Gasteiger partial charge in [-0.1, -0.05) is 35.9 Å². The van der Waals surface area contributed by atoms with Crippen LogP contribution < -0.4 is 10.9 Å². The SMILES string of the molecule is O=C(CC(O)c1cccc(F)c1)NNC(=O)c1ccccc1Cl. The number of aliphatic hydroxyl groups is 1. The zero-order valence-corrected chi connectivity index (χ0v) is 12.7. The van der Waals surface area contributed by atoms with Crippen LogP contribution in [0.25, 0.3) is 0 Å². The van der Waals surface area contributed by atoms with E-state index in [4.69, 9.17) is 11.6 Å². The molecule has 2 amide bonds. The highest BCUT2D eigenvalue weighted by Gasteiger charge is 2.15. The number of aliphatic hydroxyl groups excluding tert-OH is 1. The second kappa shape index (κ2) is 7.71. The van der Waals surface area contributed by atoms with Gasteiger partial charge in [0.15, 0.2) is 0 Å². The first-order valence-corrected chi connectivity index (χ1v) is 7.12. The molecule has 0 fully saturated rings. The van der Waals surface area contributed by atoms with E-state index in [1.54, 1.807) is 18.2 Å². The molecule has 0 aliphatic heterocycles. The van der Waals surface area contributed by atoms with Crippen LogP contribution in [0, 0.1) is 5.82 Å². The fourth-order valence-corrected chi connectivity index (χ4v) is 2.12. The van der Waals surface area contributed by atoms with Crippen molar-refractivity contribution in [3.8, 4) is 0 Å². The second-order valence-electron chi connectivity index (χ2n) is 4.76. The van der Waals surface area contributed by atoms with E-state index in [1.165, 1.54) is 24.3 Å². The highest BCUT2D eigenvalue weighted by Crippen LogP contribution is 2.17. The average molecular weight is 337 g/mol. The lowest BCUT2D eigenvalue weighted by atomic mass is 10.1. The third kappa shape index (κ3) is 4.77. The molecule has 0 heterocycles. The maximum Gasteiger partial charge on any atom is 0.271 e. The number of amides is 2. The molecule has 2 aromatic rings. The summed E-state index contributed by atoms with van der Waals surface area (Å²) >= 11 is 5.86. The number of rotatable bonds is 4. The summed E-state index contributed by atoms with van der Waals surface area (Å²) in [6, 6.07) is 11.7. The highest BCUT2D eigenvalue weighted by molar-refractivity contribution is 6.33. The number of carbonyl (C=O) groups is 2. The molecule has 120 valence electrons. The number of hydrogen-bond donors (Lipinski definition) is 3. The van der Waals surface area contributed by atoms with Crippen LogP contribution in [0.5, 0.6) is 0 Å². The number of halogens is 2. The number of hydrogen-bond acceptors (Lipinski definition) is 3. The van der Waals surface area contributed by atoms with Crippen LogP contribution in [0.3, 0.4) is 0 Å². The molecule has 0 aromatic heterocycles. The quantitative estimate of drug-likeness (QED) is 0.750. The lowest BCUT2D eigenvalue weighted by Crippen LogP contribution is -2.42. The Morgan fingerprint density at radius 3 is 2.57 bits per heavy atom. The molecule has 0 saturated heterocycles. The molecule has 2 aromatic carbocycles. The van der Waals surface area contributed by atoms with Gasteiger partial charge in [0.05, 0.1) is 23.1 Å². The smallest absolute Gasteiger partial charge is 0.271 e. The molecule has 7 heteroatoms. The molecule has 23 heavy (non-hydrogen) atoms. The summed E-state index contributed by atoms with van der Waals surface area (Å²) in [5, 5.41) is 10.1. The van der Waals surface area contributed by atoms with Crippen LogP contribution in [0.15, 0.2) is 48.5 Å². The van der Waals surface area contributed by atoms with Gasteiger partial charge in [0.25, 0.3) is 5.91 Å². The van der Waals surface area contributed by atoms with Crippen LogP contribution in [-0.2, 0) is 4.79 Å². The first-order chi connectivity index (χ1) is 11.0. The Balaban J connectivity index is 1.88. The van der Waals surface area contributed by atoms with Gasteiger partial charge in [-0.2, -0.15) is 0 Å². The third-order valence-electron chi connectivity index (χ3n) is 3.05. The summed E-state index contributed by atoms with van der Waals surface area (Å²) in [5.41, 5.74) is 4.86. The van der Waals surface area contributed by atoms with Crippen LogP contribution in [0.4, 0.5) is 4.39 Å². The molecule has 0 aliphatic rings. The van der Waals surface area contributed by atoms with E-state index in [2.05, 4.69) is 10.9 Å². The van der Waals surface area contributed by atoms with Crippen LogP contribution in [-0.4, -0.2) is 16.9 Å². The van der Waals surface area contributed by atoms with Crippen molar-refractivity contribution in [3.05, 3.63) is 70.5 Å². The summed E-state index contributed by atoms with van der Waals surface area (Å²) in [4.78, 5) is 23.6. The van der Waals surface area contributed by atoms with Gasteiger partial charge in [-0.05, 0) is 29.8 Å². The Kier molecular flexibility index (Phi) is 5.67. The van der Waals surface area contributed by atoms with E-state index in [0.29, 0.717) is 0 Å². The van der Waals surface area contributed by atoms with E-state index < -0.39 is 23.7 Å². The molecule has 1 unspecified atom stereocenters. The maximum absolute atomic E-state index is 13.1. The Morgan fingerprint density at radius 1 is 1.13 bits per heavy atom. The topological polar surface area (TPSA) is 78.4 Å². The van der Waals surface area contributed by atoms with Crippen LogP contribution >= 0.6 is 11.6 Å². The van der Waals surface area contributed by atoms with E-state index in [-0.39, 0.29) is 22.6 Å². The van der Waals surface area contributed by atoms with E-state index >= 15 is 0 Å². The van der Waals surface area contributed by atoms with Gasteiger partial charge in [0, 0.05) is 0 Å². The van der Waals surface area contributed by atoms with E-state index in [1.807, 2.05) is 0 Å². The van der Waals surface area contributed by atoms with Gasteiger partial charge in [0.2, 0.25) is 5.91 Å². The molecule has 3 N–H and O–H groups in total. The predicted molar refractivity (Wildman–Crippen MR) is 83.0 cm³/mol. The van der Waals surface area contributed by atoms with Crippen LogP contribution in [0.2, 0.25) is 5.02 Å². The monoisotopic (exact) mass is 336 g/mol. The number of benzene rings is 2. The Labute approximate surface area is 137 Å². The van der Waals surface area contributed by atoms with Crippen molar-refractivity contribution in [1.82, 2.24) is 10.9 Å². The van der Waals surface area contributed by atoms with E-state index in [9.17, 15) is 19.1 Å². The zero-order chi connectivity index (χ0) is 16.8. The predicted octanol–water partition coefficient (Wildman–Crippen LogP) is 2.36. The minimum atomic E-state index is -1.18. The van der Waals surface area contributed by atoms with Gasteiger partial charge >= 0.3 is 0 Å². The molecule has 0 radical (unpaired) electrons. The first-order valence-electron chi connectivity index (χ1n) is 6.74.